The Kier molecular flexibility index (Phi) is 7.39. The molecule has 0 aromatic carbocycles. The molecule has 0 aliphatic rings. The van der Waals surface area contributed by atoms with Crippen LogP contribution in [-0.4, -0.2) is 23.2 Å². The van der Waals surface area contributed by atoms with Crippen molar-refractivity contribution in [2.75, 3.05) is 0 Å². The Morgan fingerprint density at radius 3 is 2.27 bits per heavy atom. The van der Waals surface area contributed by atoms with Crippen LogP contribution >= 0.6 is 0 Å². The molecular weight excluding hydrogens is 190 g/mol. The first-order valence-corrected chi connectivity index (χ1v) is 5.98. The summed E-state index contributed by atoms with van der Waals surface area (Å²) in [7, 11) is 0. The van der Waals surface area contributed by atoms with Crippen LogP contribution in [0.2, 0.25) is 0 Å². The highest BCUT2D eigenvalue weighted by Gasteiger charge is 2.17. The zero-order chi connectivity index (χ0) is 11.8. The highest BCUT2D eigenvalue weighted by molar-refractivity contribution is 5.76. The minimum absolute atomic E-state index is 0.0584. The normalized spacial score (nSPS) is 15.1. The van der Waals surface area contributed by atoms with Gasteiger partial charge in [0.25, 0.3) is 0 Å². The molecule has 0 saturated carbocycles. The van der Waals surface area contributed by atoms with Gasteiger partial charge in [-0.2, -0.15) is 0 Å². The molecule has 0 rings (SSSR count). The summed E-state index contributed by atoms with van der Waals surface area (Å²) >= 11 is 0. The molecule has 15 heavy (non-hydrogen) atoms. The van der Waals surface area contributed by atoms with Gasteiger partial charge in [-0.15, -0.1) is 0 Å². The molecule has 0 bridgehead atoms. The van der Waals surface area contributed by atoms with E-state index < -0.39 is 6.10 Å². The van der Waals surface area contributed by atoms with Crippen LogP contribution in [0.5, 0.6) is 0 Å². The number of carbonyl (C=O) groups is 1. The quantitative estimate of drug-likeness (QED) is 0.683. The average Bonchev–Trinajstić information content (AvgIpc) is 2.21. The third kappa shape index (κ3) is 6.50. The second-order valence-electron chi connectivity index (χ2n) is 4.49. The highest BCUT2D eigenvalue weighted by Crippen LogP contribution is 2.06. The van der Waals surface area contributed by atoms with Gasteiger partial charge >= 0.3 is 0 Å². The first kappa shape index (κ1) is 14.4. The Labute approximate surface area is 93.3 Å². The molecule has 2 atom stereocenters. The van der Waals surface area contributed by atoms with E-state index in [4.69, 9.17) is 0 Å². The van der Waals surface area contributed by atoms with Crippen molar-refractivity contribution in [3.8, 4) is 0 Å². The first-order chi connectivity index (χ1) is 7.01. The summed E-state index contributed by atoms with van der Waals surface area (Å²) in [6.45, 7) is 8.11. The van der Waals surface area contributed by atoms with Crippen molar-refractivity contribution in [1.29, 1.82) is 0 Å². The van der Waals surface area contributed by atoms with Gasteiger partial charge in [0.15, 0.2) is 0 Å². The number of aliphatic hydroxyl groups is 1. The second kappa shape index (κ2) is 7.69. The summed E-state index contributed by atoms with van der Waals surface area (Å²) < 4.78 is 0. The van der Waals surface area contributed by atoms with Gasteiger partial charge in [-0.1, -0.05) is 27.7 Å². The third-order valence-electron chi connectivity index (χ3n) is 2.62. The van der Waals surface area contributed by atoms with E-state index in [1.54, 1.807) is 0 Å². The fraction of sp³-hybridized carbons (Fsp3) is 0.917. The summed E-state index contributed by atoms with van der Waals surface area (Å²) in [5.41, 5.74) is 0. The SMILES string of the molecule is CCC(O)C(CC)NC(=O)CCC(C)C. The number of hydrogen-bond donors (Lipinski definition) is 2. The lowest BCUT2D eigenvalue weighted by atomic mass is 10.0. The molecule has 0 spiro atoms. The lowest BCUT2D eigenvalue weighted by molar-refractivity contribution is -0.123. The van der Waals surface area contributed by atoms with Gasteiger partial charge in [0.05, 0.1) is 12.1 Å². The number of rotatable bonds is 7. The van der Waals surface area contributed by atoms with Gasteiger partial charge in [-0.3, -0.25) is 4.79 Å². The van der Waals surface area contributed by atoms with Gasteiger partial charge in [-0.25, -0.2) is 0 Å². The molecule has 0 fully saturated rings. The molecule has 0 aromatic rings. The van der Waals surface area contributed by atoms with E-state index >= 15 is 0 Å². The molecule has 0 aromatic heterocycles. The Bertz CT molecular complexity index is 180. The molecular formula is C12H25NO2. The molecule has 0 radical (unpaired) electrons. The molecule has 0 heterocycles. The van der Waals surface area contributed by atoms with Crippen LogP contribution in [0.3, 0.4) is 0 Å². The van der Waals surface area contributed by atoms with Gasteiger partial charge in [0.1, 0.15) is 0 Å². The lowest BCUT2D eigenvalue weighted by Gasteiger charge is -2.22. The summed E-state index contributed by atoms with van der Waals surface area (Å²) in [5, 5.41) is 12.5. The number of amides is 1. The van der Waals surface area contributed by atoms with E-state index in [1.165, 1.54) is 0 Å². The Morgan fingerprint density at radius 2 is 1.87 bits per heavy atom. The maximum Gasteiger partial charge on any atom is 0.220 e. The monoisotopic (exact) mass is 215 g/mol. The van der Waals surface area contributed by atoms with Crippen LogP contribution in [0, 0.1) is 5.92 Å². The number of carbonyl (C=O) groups excluding carboxylic acids is 1. The molecule has 0 aliphatic heterocycles. The van der Waals surface area contributed by atoms with Crippen molar-refractivity contribution < 1.29 is 9.90 Å². The minimum Gasteiger partial charge on any atom is -0.391 e. The molecule has 0 saturated heterocycles. The topological polar surface area (TPSA) is 49.3 Å². The predicted octanol–water partition coefficient (Wildman–Crippen LogP) is 2.09. The number of nitrogens with one attached hydrogen (secondary N) is 1. The molecule has 3 heteroatoms. The van der Waals surface area contributed by atoms with Crippen molar-refractivity contribution in [3.05, 3.63) is 0 Å². The largest absolute Gasteiger partial charge is 0.391 e. The van der Waals surface area contributed by atoms with Crippen LogP contribution < -0.4 is 5.32 Å². The van der Waals surface area contributed by atoms with E-state index in [-0.39, 0.29) is 11.9 Å². The second-order valence-corrected chi connectivity index (χ2v) is 4.49. The fourth-order valence-electron chi connectivity index (χ4n) is 1.45. The van der Waals surface area contributed by atoms with E-state index in [9.17, 15) is 9.90 Å². The summed E-state index contributed by atoms with van der Waals surface area (Å²) in [5.74, 6) is 0.606. The third-order valence-corrected chi connectivity index (χ3v) is 2.62. The summed E-state index contributed by atoms with van der Waals surface area (Å²) in [6, 6.07) is -0.0883. The Hall–Kier alpha value is -0.570. The fourth-order valence-corrected chi connectivity index (χ4v) is 1.45. The lowest BCUT2D eigenvalue weighted by Crippen LogP contribution is -2.42. The first-order valence-electron chi connectivity index (χ1n) is 5.98. The Morgan fingerprint density at radius 1 is 1.27 bits per heavy atom. The molecule has 1 amide bonds. The zero-order valence-corrected chi connectivity index (χ0v) is 10.4. The van der Waals surface area contributed by atoms with Gasteiger partial charge in [0.2, 0.25) is 5.91 Å². The van der Waals surface area contributed by atoms with Crippen molar-refractivity contribution >= 4 is 5.91 Å². The molecule has 2 N–H and O–H groups in total. The Balaban J connectivity index is 3.91. The van der Waals surface area contributed by atoms with Crippen LogP contribution in [0.15, 0.2) is 0 Å². The summed E-state index contributed by atoms with van der Waals surface area (Å²) in [4.78, 5) is 11.5. The van der Waals surface area contributed by atoms with E-state index in [0.717, 1.165) is 12.8 Å². The van der Waals surface area contributed by atoms with E-state index in [1.807, 2.05) is 13.8 Å². The van der Waals surface area contributed by atoms with Crippen LogP contribution in [0.4, 0.5) is 0 Å². The van der Waals surface area contributed by atoms with E-state index in [0.29, 0.717) is 18.8 Å². The zero-order valence-electron chi connectivity index (χ0n) is 10.4. The minimum atomic E-state index is -0.419. The van der Waals surface area contributed by atoms with Gasteiger partial charge < -0.3 is 10.4 Å². The van der Waals surface area contributed by atoms with Gasteiger partial charge in [0, 0.05) is 6.42 Å². The molecule has 2 unspecified atom stereocenters. The molecule has 90 valence electrons. The average molecular weight is 215 g/mol. The standard InChI is InChI=1S/C12H25NO2/c1-5-10(11(14)6-2)13-12(15)8-7-9(3)4/h9-11,14H,5-8H2,1-4H3,(H,13,15). The maximum atomic E-state index is 11.5. The number of aliphatic hydroxyl groups excluding tert-OH is 1. The molecule has 3 nitrogen and oxygen atoms in total. The highest BCUT2D eigenvalue weighted by atomic mass is 16.3. The maximum absolute atomic E-state index is 11.5. The van der Waals surface area contributed by atoms with Crippen molar-refractivity contribution in [2.45, 2.75) is 65.5 Å². The van der Waals surface area contributed by atoms with Crippen molar-refractivity contribution in [1.82, 2.24) is 5.32 Å². The van der Waals surface area contributed by atoms with Crippen LogP contribution in [-0.2, 0) is 4.79 Å². The molecule has 0 aliphatic carbocycles. The van der Waals surface area contributed by atoms with Crippen LogP contribution in [0.1, 0.15) is 53.4 Å². The van der Waals surface area contributed by atoms with Crippen molar-refractivity contribution in [3.63, 3.8) is 0 Å². The number of hydrogen-bond acceptors (Lipinski definition) is 2. The summed E-state index contributed by atoms with van der Waals surface area (Å²) in [6.07, 6.45) is 2.51. The predicted molar refractivity (Wildman–Crippen MR) is 62.6 cm³/mol. The van der Waals surface area contributed by atoms with E-state index in [2.05, 4.69) is 19.2 Å². The van der Waals surface area contributed by atoms with Crippen molar-refractivity contribution in [2.24, 2.45) is 5.92 Å². The van der Waals surface area contributed by atoms with Gasteiger partial charge in [-0.05, 0) is 25.2 Å². The smallest absolute Gasteiger partial charge is 0.220 e. The van der Waals surface area contributed by atoms with Crippen LogP contribution in [0.25, 0.3) is 0 Å².